The van der Waals surface area contributed by atoms with Gasteiger partial charge in [0, 0.05) is 18.2 Å². The number of carbonyl (C=O) groups excluding carboxylic acids is 1. The third-order valence-corrected chi connectivity index (χ3v) is 3.17. The molecule has 5 heteroatoms. The maximum Gasteiger partial charge on any atom is 0.277 e. The summed E-state index contributed by atoms with van der Waals surface area (Å²) in [5, 5.41) is 15.2. The molecule has 1 aliphatic rings. The number of hydrogen-bond acceptors (Lipinski definition) is 3. The van der Waals surface area contributed by atoms with Gasteiger partial charge in [-0.2, -0.15) is 0 Å². The van der Waals surface area contributed by atoms with Gasteiger partial charge >= 0.3 is 0 Å². The second-order valence-corrected chi connectivity index (χ2v) is 4.31. The molecule has 0 saturated heterocycles. The van der Waals surface area contributed by atoms with Crippen LogP contribution < -0.4 is 5.32 Å². The lowest BCUT2D eigenvalue weighted by Gasteiger charge is -2.17. The van der Waals surface area contributed by atoms with E-state index < -0.39 is 0 Å². The standard InChI is InChI=1S/C13H10N2O3/c16-13-5-4-9-6-10-8(7-11(9)14-13)2-1-3-12(10)15(17)18/h1-3,6-7H,4-5H2,(H,14,16). The number of benzene rings is 2. The van der Waals surface area contributed by atoms with E-state index in [0.29, 0.717) is 18.2 Å². The zero-order chi connectivity index (χ0) is 12.7. The summed E-state index contributed by atoms with van der Waals surface area (Å²) in [6, 6.07) is 8.56. The summed E-state index contributed by atoms with van der Waals surface area (Å²) in [6.07, 6.45) is 1.06. The highest BCUT2D eigenvalue weighted by atomic mass is 16.6. The van der Waals surface area contributed by atoms with Crippen LogP contribution >= 0.6 is 0 Å². The monoisotopic (exact) mass is 242 g/mol. The fraction of sp³-hybridized carbons (Fsp3) is 0.154. The molecule has 0 fully saturated rings. The van der Waals surface area contributed by atoms with E-state index in [0.717, 1.165) is 16.6 Å². The molecular formula is C13H10N2O3. The predicted octanol–water partition coefficient (Wildman–Crippen LogP) is 2.63. The van der Waals surface area contributed by atoms with Crippen molar-refractivity contribution in [2.45, 2.75) is 12.8 Å². The normalized spacial score (nSPS) is 14.1. The van der Waals surface area contributed by atoms with Crippen LogP contribution in [0.25, 0.3) is 10.8 Å². The van der Waals surface area contributed by atoms with E-state index in [-0.39, 0.29) is 16.5 Å². The number of non-ortho nitro benzene ring substituents is 1. The molecule has 1 amide bonds. The highest BCUT2D eigenvalue weighted by molar-refractivity contribution is 6.00. The highest BCUT2D eigenvalue weighted by Gasteiger charge is 2.18. The van der Waals surface area contributed by atoms with Crippen molar-refractivity contribution >= 4 is 28.1 Å². The van der Waals surface area contributed by atoms with Gasteiger partial charge in [-0.25, -0.2) is 0 Å². The number of aryl methyl sites for hydroxylation is 1. The molecule has 3 rings (SSSR count). The Morgan fingerprint density at radius 2 is 2.06 bits per heavy atom. The van der Waals surface area contributed by atoms with Crippen LogP contribution in [0.2, 0.25) is 0 Å². The Kier molecular flexibility index (Phi) is 2.26. The van der Waals surface area contributed by atoms with E-state index in [9.17, 15) is 14.9 Å². The molecule has 0 saturated carbocycles. The lowest BCUT2D eigenvalue weighted by Crippen LogP contribution is -2.18. The van der Waals surface area contributed by atoms with Gasteiger partial charge in [-0.15, -0.1) is 0 Å². The maximum absolute atomic E-state index is 11.3. The van der Waals surface area contributed by atoms with Crippen molar-refractivity contribution in [3.63, 3.8) is 0 Å². The Labute approximate surface area is 103 Å². The number of amides is 1. The molecule has 0 atom stereocenters. The van der Waals surface area contributed by atoms with Gasteiger partial charge < -0.3 is 5.32 Å². The summed E-state index contributed by atoms with van der Waals surface area (Å²) >= 11 is 0. The lowest BCUT2D eigenvalue weighted by molar-refractivity contribution is -0.383. The molecule has 2 aromatic carbocycles. The molecule has 0 spiro atoms. The van der Waals surface area contributed by atoms with Gasteiger partial charge in [0.25, 0.3) is 5.69 Å². The molecule has 1 aliphatic heterocycles. The number of fused-ring (bicyclic) bond motifs is 2. The van der Waals surface area contributed by atoms with Gasteiger partial charge in [0.05, 0.1) is 10.3 Å². The largest absolute Gasteiger partial charge is 0.326 e. The Morgan fingerprint density at radius 3 is 2.83 bits per heavy atom. The molecule has 18 heavy (non-hydrogen) atoms. The molecule has 2 aromatic rings. The van der Waals surface area contributed by atoms with Gasteiger partial charge in [0.15, 0.2) is 0 Å². The van der Waals surface area contributed by atoms with Gasteiger partial charge in [0.1, 0.15) is 0 Å². The van der Waals surface area contributed by atoms with E-state index >= 15 is 0 Å². The van der Waals surface area contributed by atoms with Crippen LogP contribution in [0.5, 0.6) is 0 Å². The third-order valence-electron chi connectivity index (χ3n) is 3.17. The first kappa shape index (κ1) is 10.7. The highest BCUT2D eigenvalue weighted by Crippen LogP contribution is 2.32. The number of nitrogens with one attached hydrogen (secondary N) is 1. The second kappa shape index (κ2) is 3.80. The van der Waals surface area contributed by atoms with Gasteiger partial charge in [0.2, 0.25) is 5.91 Å². The zero-order valence-electron chi connectivity index (χ0n) is 9.47. The Hall–Kier alpha value is -2.43. The average Bonchev–Trinajstić information content (AvgIpc) is 2.35. The first-order chi connectivity index (χ1) is 8.65. The summed E-state index contributed by atoms with van der Waals surface area (Å²) < 4.78 is 0. The number of rotatable bonds is 1. The van der Waals surface area contributed by atoms with Crippen LogP contribution in [0, 0.1) is 10.1 Å². The molecule has 0 unspecified atom stereocenters. The molecule has 0 radical (unpaired) electrons. The van der Waals surface area contributed by atoms with Crippen molar-refractivity contribution in [3.05, 3.63) is 46.0 Å². The zero-order valence-corrected chi connectivity index (χ0v) is 9.47. The van der Waals surface area contributed by atoms with Gasteiger partial charge in [-0.3, -0.25) is 14.9 Å². The van der Waals surface area contributed by atoms with Crippen LogP contribution in [0.15, 0.2) is 30.3 Å². The molecule has 1 heterocycles. The van der Waals surface area contributed by atoms with Crippen LogP contribution in [-0.2, 0) is 11.2 Å². The number of nitro groups is 1. The first-order valence-electron chi connectivity index (χ1n) is 5.65. The molecule has 0 bridgehead atoms. The van der Waals surface area contributed by atoms with E-state index in [1.165, 1.54) is 6.07 Å². The minimum atomic E-state index is -0.379. The summed E-state index contributed by atoms with van der Waals surface area (Å²) in [6.45, 7) is 0. The van der Waals surface area contributed by atoms with Crippen molar-refractivity contribution in [2.24, 2.45) is 0 Å². The molecular weight excluding hydrogens is 232 g/mol. The molecule has 0 aliphatic carbocycles. The first-order valence-corrected chi connectivity index (χ1v) is 5.65. The Balaban J connectivity index is 2.27. The number of nitro benzene ring substituents is 1. The van der Waals surface area contributed by atoms with Crippen molar-refractivity contribution < 1.29 is 9.72 Å². The minimum absolute atomic E-state index is 0.00715. The van der Waals surface area contributed by atoms with Crippen molar-refractivity contribution in [3.8, 4) is 0 Å². The summed E-state index contributed by atoms with van der Waals surface area (Å²) in [5.41, 5.74) is 1.82. The molecule has 90 valence electrons. The van der Waals surface area contributed by atoms with Crippen LogP contribution in [0.3, 0.4) is 0 Å². The van der Waals surface area contributed by atoms with E-state index in [4.69, 9.17) is 0 Å². The van der Waals surface area contributed by atoms with Gasteiger partial charge in [-0.1, -0.05) is 12.1 Å². The Morgan fingerprint density at radius 1 is 1.22 bits per heavy atom. The smallest absolute Gasteiger partial charge is 0.277 e. The van der Waals surface area contributed by atoms with Gasteiger partial charge in [-0.05, 0) is 29.5 Å². The van der Waals surface area contributed by atoms with E-state index in [2.05, 4.69) is 5.32 Å². The van der Waals surface area contributed by atoms with Crippen LogP contribution in [0.1, 0.15) is 12.0 Å². The molecule has 1 N–H and O–H groups in total. The van der Waals surface area contributed by atoms with Crippen molar-refractivity contribution in [1.29, 1.82) is 0 Å². The minimum Gasteiger partial charge on any atom is -0.326 e. The van der Waals surface area contributed by atoms with E-state index in [1.807, 2.05) is 12.1 Å². The number of carbonyl (C=O) groups is 1. The quantitative estimate of drug-likeness (QED) is 0.617. The van der Waals surface area contributed by atoms with E-state index in [1.54, 1.807) is 12.1 Å². The fourth-order valence-corrected chi connectivity index (χ4v) is 2.30. The SMILES string of the molecule is O=C1CCc2cc3c([N+](=O)[O-])cccc3cc2N1. The topological polar surface area (TPSA) is 72.2 Å². The lowest BCUT2D eigenvalue weighted by atomic mass is 9.98. The summed E-state index contributed by atoms with van der Waals surface area (Å²) in [5.74, 6) is -0.00715. The second-order valence-electron chi connectivity index (χ2n) is 4.31. The van der Waals surface area contributed by atoms with Crippen molar-refractivity contribution in [1.82, 2.24) is 0 Å². The Bertz CT molecular complexity index is 679. The van der Waals surface area contributed by atoms with Crippen LogP contribution in [0.4, 0.5) is 11.4 Å². The summed E-state index contributed by atoms with van der Waals surface area (Å²) in [7, 11) is 0. The average molecular weight is 242 g/mol. The van der Waals surface area contributed by atoms with Crippen LogP contribution in [-0.4, -0.2) is 10.8 Å². The molecule has 0 aromatic heterocycles. The molecule has 5 nitrogen and oxygen atoms in total. The summed E-state index contributed by atoms with van der Waals surface area (Å²) in [4.78, 5) is 21.9. The fourth-order valence-electron chi connectivity index (χ4n) is 2.30. The predicted molar refractivity (Wildman–Crippen MR) is 67.6 cm³/mol. The number of nitrogens with zero attached hydrogens (tertiary/aromatic N) is 1. The number of anilines is 1. The van der Waals surface area contributed by atoms with Crippen molar-refractivity contribution in [2.75, 3.05) is 5.32 Å². The third kappa shape index (κ3) is 1.60. The number of hydrogen-bond donors (Lipinski definition) is 1. The maximum atomic E-state index is 11.3.